The first-order valence-corrected chi connectivity index (χ1v) is 5.87. The molecule has 0 spiro atoms. The predicted molar refractivity (Wildman–Crippen MR) is 62.5 cm³/mol. The van der Waals surface area contributed by atoms with Gasteiger partial charge >= 0.3 is 0 Å². The lowest BCUT2D eigenvalue weighted by Gasteiger charge is -2.39. The van der Waals surface area contributed by atoms with Gasteiger partial charge in [-0.15, -0.1) is 0 Å². The van der Waals surface area contributed by atoms with E-state index in [0.717, 1.165) is 12.5 Å². The highest BCUT2D eigenvalue weighted by atomic mass is 15.2. The molecule has 1 saturated heterocycles. The van der Waals surface area contributed by atoms with E-state index in [2.05, 4.69) is 44.8 Å². The zero-order chi connectivity index (χ0) is 10.8. The molecule has 2 nitrogen and oxygen atoms in total. The Kier molecular flexibility index (Phi) is 3.96. The van der Waals surface area contributed by atoms with Crippen LogP contribution in [-0.4, -0.2) is 37.1 Å². The molecule has 1 N–H and O–H groups in total. The molecule has 0 aromatic rings. The summed E-state index contributed by atoms with van der Waals surface area (Å²) < 4.78 is 0. The lowest BCUT2D eigenvalue weighted by Crippen LogP contribution is -2.52. The molecule has 0 bridgehead atoms. The normalized spacial score (nSPS) is 25.7. The van der Waals surface area contributed by atoms with Crippen molar-refractivity contribution in [3.05, 3.63) is 0 Å². The molecule has 1 atom stereocenters. The summed E-state index contributed by atoms with van der Waals surface area (Å²) in [6.07, 6.45) is 0. The number of nitrogens with one attached hydrogen (secondary N) is 1. The van der Waals surface area contributed by atoms with E-state index in [9.17, 15) is 0 Å². The average Bonchev–Trinajstić information content (AvgIpc) is 2.02. The van der Waals surface area contributed by atoms with Crippen LogP contribution in [0.5, 0.6) is 0 Å². The van der Waals surface area contributed by atoms with Crippen molar-refractivity contribution in [2.75, 3.05) is 26.2 Å². The van der Waals surface area contributed by atoms with Crippen molar-refractivity contribution in [1.29, 1.82) is 0 Å². The van der Waals surface area contributed by atoms with Crippen LogP contribution >= 0.6 is 0 Å². The third-order valence-electron chi connectivity index (χ3n) is 3.65. The van der Waals surface area contributed by atoms with E-state index in [0.29, 0.717) is 11.5 Å². The van der Waals surface area contributed by atoms with Crippen molar-refractivity contribution < 1.29 is 0 Å². The molecule has 1 rings (SSSR count). The highest BCUT2D eigenvalue weighted by Crippen LogP contribution is 2.27. The van der Waals surface area contributed by atoms with Crippen molar-refractivity contribution in [3.63, 3.8) is 0 Å². The molecule has 1 aliphatic heterocycles. The second-order valence-electron chi connectivity index (χ2n) is 5.73. The van der Waals surface area contributed by atoms with Crippen molar-refractivity contribution in [2.45, 2.75) is 40.7 Å². The zero-order valence-electron chi connectivity index (χ0n) is 10.4. The summed E-state index contributed by atoms with van der Waals surface area (Å²) in [5, 5.41) is 3.49. The van der Waals surface area contributed by atoms with Crippen molar-refractivity contribution in [1.82, 2.24) is 10.2 Å². The second-order valence-corrected chi connectivity index (χ2v) is 5.73. The molecule has 0 radical (unpaired) electrons. The summed E-state index contributed by atoms with van der Waals surface area (Å²) in [7, 11) is 0. The van der Waals surface area contributed by atoms with Gasteiger partial charge in [0.25, 0.3) is 0 Å². The average molecular weight is 198 g/mol. The van der Waals surface area contributed by atoms with E-state index in [1.807, 2.05) is 0 Å². The molecule has 0 saturated carbocycles. The van der Waals surface area contributed by atoms with Crippen molar-refractivity contribution >= 4 is 0 Å². The SMILES string of the molecule is CC1CN(CC(C)(C)C(C)C)CCN1. The minimum atomic E-state index is 0.442. The maximum atomic E-state index is 3.49. The summed E-state index contributed by atoms with van der Waals surface area (Å²) in [5.74, 6) is 0.757. The first-order chi connectivity index (χ1) is 6.42. The van der Waals surface area contributed by atoms with E-state index < -0.39 is 0 Å². The van der Waals surface area contributed by atoms with Crippen LogP contribution in [0.4, 0.5) is 0 Å². The Morgan fingerprint density at radius 3 is 2.57 bits per heavy atom. The highest BCUT2D eigenvalue weighted by molar-refractivity contribution is 4.82. The summed E-state index contributed by atoms with van der Waals surface area (Å²) in [4.78, 5) is 2.60. The Morgan fingerprint density at radius 1 is 1.43 bits per heavy atom. The molecule has 1 fully saturated rings. The first kappa shape index (κ1) is 12.0. The monoisotopic (exact) mass is 198 g/mol. The van der Waals surface area contributed by atoms with Crippen LogP contribution in [0.2, 0.25) is 0 Å². The van der Waals surface area contributed by atoms with Crippen LogP contribution < -0.4 is 5.32 Å². The Balaban J connectivity index is 2.43. The van der Waals surface area contributed by atoms with Gasteiger partial charge in [0.05, 0.1) is 0 Å². The van der Waals surface area contributed by atoms with E-state index in [-0.39, 0.29) is 0 Å². The molecule has 14 heavy (non-hydrogen) atoms. The number of hydrogen-bond acceptors (Lipinski definition) is 2. The van der Waals surface area contributed by atoms with Gasteiger partial charge in [0.1, 0.15) is 0 Å². The van der Waals surface area contributed by atoms with Gasteiger partial charge in [0, 0.05) is 32.2 Å². The predicted octanol–water partition coefficient (Wildman–Crippen LogP) is 1.96. The summed E-state index contributed by atoms with van der Waals surface area (Å²) in [6.45, 7) is 16.5. The minimum Gasteiger partial charge on any atom is -0.312 e. The van der Waals surface area contributed by atoms with E-state index in [1.54, 1.807) is 0 Å². The van der Waals surface area contributed by atoms with Gasteiger partial charge in [-0.25, -0.2) is 0 Å². The summed E-state index contributed by atoms with van der Waals surface area (Å²) in [5.41, 5.74) is 0.442. The van der Waals surface area contributed by atoms with Crippen molar-refractivity contribution in [2.24, 2.45) is 11.3 Å². The molecule has 0 aromatic heterocycles. The Bertz CT molecular complexity index is 175. The minimum absolute atomic E-state index is 0.442. The Hall–Kier alpha value is -0.0800. The molecule has 0 aromatic carbocycles. The maximum absolute atomic E-state index is 3.49. The number of rotatable bonds is 3. The third-order valence-corrected chi connectivity index (χ3v) is 3.65. The topological polar surface area (TPSA) is 15.3 Å². The lowest BCUT2D eigenvalue weighted by atomic mass is 9.80. The molecule has 0 amide bonds. The zero-order valence-corrected chi connectivity index (χ0v) is 10.4. The lowest BCUT2D eigenvalue weighted by molar-refractivity contribution is 0.110. The van der Waals surface area contributed by atoms with Crippen molar-refractivity contribution in [3.8, 4) is 0 Å². The Morgan fingerprint density at radius 2 is 2.07 bits per heavy atom. The van der Waals surface area contributed by atoms with Gasteiger partial charge in [-0.2, -0.15) is 0 Å². The van der Waals surface area contributed by atoms with Crippen LogP contribution in [0, 0.1) is 11.3 Å². The molecule has 2 heteroatoms. The molecule has 84 valence electrons. The van der Waals surface area contributed by atoms with Gasteiger partial charge < -0.3 is 5.32 Å². The van der Waals surface area contributed by atoms with E-state index >= 15 is 0 Å². The van der Waals surface area contributed by atoms with Crippen LogP contribution in [-0.2, 0) is 0 Å². The van der Waals surface area contributed by atoms with Gasteiger partial charge in [0.15, 0.2) is 0 Å². The molecule has 1 unspecified atom stereocenters. The summed E-state index contributed by atoms with van der Waals surface area (Å²) in [6, 6.07) is 0.659. The van der Waals surface area contributed by atoms with E-state index in [4.69, 9.17) is 0 Å². The largest absolute Gasteiger partial charge is 0.312 e. The molecular weight excluding hydrogens is 172 g/mol. The molecule has 0 aliphatic carbocycles. The molecular formula is C12H26N2. The summed E-state index contributed by atoms with van der Waals surface area (Å²) >= 11 is 0. The second kappa shape index (κ2) is 4.63. The first-order valence-electron chi connectivity index (χ1n) is 5.87. The number of piperazine rings is 1. The molecule has 1 aliphatic rings. The highest BCUT2D eigenvalue weighted by Gasteiger charge is 2.27. The third kappa shape index (κ3) is 3.25. The fourth-order valence-corrected chi connectivity index (χ4v) is 1.91. The maximum Gasteiger partial charge on any atom is 0.0167 e. The van der Waals surface area contributed by atoms with E-state index in [1.165, 1.54) is 19.6 Å². The standard InChI is InChI=1S/C12H26N2/c1-10(2)12(4,5)9-14-7-6-13-11(3)8-14/h10-11,13H,6-9H2,1-5H3. The molecule has 1 heterocycles. The van der Waals surface area contributed by atoms with Crippen LogP contribution in [0.1, 0.15) is 34.6 Å². The van der Waals surface area contributed by atoms with Gasteiger partial charge in [0.2, 0.25) is 0 Å². The van der Waals surface area contributed by atoms with Crippen LogP contribution in [0.3, 0.4) is 0 Å². The smallest absolute Gasteiger partial charge is 0.0167 e. The fourth-order valence-electron chi connectivity index (χ4n) is 1.91. The number of nitrogens with zero attached hydrogens (tertiary/aromatic N) is 1. The van der Waals surface area contributed by atoms with Gasteiger partial charge in [-0.05, 0) is 18.3 Å². The quantitative estimate of drug-likeness (QED) is 0.746. The fraction of sp³-hybridized carbons (Fsp3) is 1.00. The van der Waals surface area contributed by atoms with Crippen LogP contribution in [0.15, 0.2) is 0 Å². The number of hydrogen-bond donors (Lipinski definition) is 1. The van der Waals surface area contributed by atoms with Gasteiger partial charge in [-0.3, -0.25) is 4.90 Å². The van der Waals surface area contributed by atoms with Gasteiger partial charge in [-0.1, -0.05) is 27.7 Å². The Labute approximate surface area is 89.1 Å². The van der Waals surface area contributed by atoms with Crippen LogP contribution in [0.25, 0.3) is 0 Å².